The quantitative estimate of drug-likeness (QED) is 0.851. The Balaban J connectivity index is 2.40. The molecule has 0 saturated heterocycles. The van der Waals surface area contributed by atoms with E-state index in [0.29, 0.717) is 5.75 Å². The molecule has 4 nitrogen and oxygen atoms in total. The summed E-state index contributed by atoms with van der Waals surface area (Å²) in [6.45, 7) is 0. The highest BCUT2D eigenvalue weighted by Crippen LogP contribution is 2.29. The SMILES string of the molecule is NC(=O)c1cc(Oc2cccc(Br)c2)c(F)cc1N. The number of primary amides is 1. The highest BCUT2D eigenvalue weighted by molar-refractivity contribution is 9.10. The minimum absolute atomic E-state index is 0.0198. The Bertz CT molecular complexity index is 647. The minimum Gasteiger partial charge on any atom is -0.454 e. The molecule has 2 aromatic rings. The summed E-state index contributed by atoms with van der Waals surface area (Å²) in [4.78, 5) is 11.1. The van der Waals surface area contributed by atoms with E-state index in [-0.39, 0.29) is 17.0 Å². The molecule has 98 valence electrons. The van der Waals surface area contributed by atoms with Crippen LogP contribution in [0.5, 0.6) is 11.5 Å². The minimum atomic E-state index is -0.739. The maximum atomic E-state index is 13.7. The molecule has 0 atom stereocenters. The van der Waals surface area contributed by atoms with E-state index in [2.05, 4.69) is 15.9 Å². The van der Waals surface area contributed by atoms with E-state index in [4.69, 9.17) is 16.2 Å². The number of nitrogen functional groups attached to an aromatic ring is 1. The molecule has 2 rings (SSSR count). The van der Waals surface area contributed by atoms with Gasteiger partial charge in [-0.15, -0.1) is 0 Å². The standard InChI is InChI=1S/C13H10BrFN2O2/c14-7-2-1-3-8(4-7)19-12-5-9(13(17)18)11(16)6-10(12)15/h1-6H,16H2,(H2,17,18). The fourth-order valence-corrected chi connectivity index (χ4v) is 1.90. The lowest BCUT2D eigenvalue weighted by Crippen LogP contribution is -2.14. The molecular weight excluding hydrogens is 315 g/mol. The van der Waals surface area contributed by atoms with Crippen LogP contribution >= 0.6 is 15.9 Å². The number of benzene rings is 2. The third-order valence-electron chi connectivity index (χ3n) is 2.39. The van der Waals surface area contributed by atoms with Crippen LogP contribution in [-0.4, -0.2) is 5.91 Å². The number of anilines is 1. The summed E-state index contributed by atoms with van der Waals surface area (Å²) < 4.78 is 19.9. The first kappa shape index (κ1) is 13.4. The Labute approximate surface area is 117 Å². The maximum Gasteiger partial charge on any atom is 0.250 e. The second kappa shape index (κ2) is 5.27. The number of ether oxygens (including phenoxy) is 1. The molecule has 0 saturated carbocycles. The normalized spacial score (nSPS) is 10.2. The van der Waals surface area contributed by atoms with Crippen LogP contribution in [0.3, 0.4) is 0 Å². The Morgan fingerprint density at radius 3 is 2.63 bits per heavy atom. The third-order valence-corrected chi connectivity index (χ3v) is 2.89. The van der Waals surface area contributed by atoms with Crippen molar-refractivity contribution in [1.29, 1.82) is 0 Å². The lowest BCUT2D eigenvalue weighted by Gasteiger charge is -2.10. The van der Waals surface area contributed by atoms with Crippen LogP contribution in [0.25, 0.3) is 0 Å². The summed E-state index contributed by atoms with van der Waals surface area (Å²) in [6.07, 6.45) is 0. The molecule has 4 N–H and O–H groups in total. The van der Waals surface area contributed by atoms with Gasteiger partial charge in [-0.1, -0.05) is 22.0 Å². The van der Waals surface area contributed by atoms with E-state index in [0.717, 1.165) is 10.5 Å². The average molecular weight is 325 g/mol. The molecule has 0 fully saturated rings. The number of rotatable bonds is 3. The number of nitrogens with two attached hydrogens (primary N) is 2. The lowest BCUT2D eigenvalue weighted by molar-refractivity contribution is 0.100. The van der Waals surface area contributed by atoms with Gasteiger partial charge in [0.2, 0.25) is 0 Å². The summed E-state index contributed by atoms with van der Waals surface area (Å²) >= 11 is 3.28. The van der Waals surface area contributed by atoms with E-state index in [1.165, 1.54) is 6.07 Å². The largest absolute Gasteiger partial charge is 0.454 e. The molecule has 6 heteroatoms. The molecule has 0 radical (unpaired) electrons. The van der Waals surface area contributed by atoms with Crippen molar-refractivity contribution in [2.24, 2.45) is 5.73 Å². The maximum absolute atomic E-state index is 13.7. The predicted octanol–water partition coefficient (Wildman–Crippen LogP) is 3.06. The van der Waals surface area contributed by atoms with E-state index >= 15 is 0 Å². The number of hydrogen-bond donors (Lipinski definition) is 2. The molecule has 0 aliphatic rings. The van der Waals surface area contributed by atoms with E-state index < -0.39 is 11.7 Å². The van der Waals surface area contributed by atoms with Crippen molar-refractivity contribution in [3.8, 4) is 11.5 Å². The van der Waals surface area contributed by atoms with Crippen LogP contribution < -0.4 is 16.2 Å². The van der Waals surface area contributed by atoms with Crippen molar-refractivity contribution < 1.29 is 13.9 Å². The number of halogens is 2. The fourth-order valence-electron chi connectivity index (χ4n) is 1.52. The zero-order valence-corrected chi connectivity index (χ0v) is 11.3. The molecule has 0 unspecified atom stereocenters. The van der Waals surface area contributed by atoms with Gasteiger partial charge in [-0.3, -0.25) is 4.79 Å². The van der Waals surface area contributed by atoms with Crippen LogP contribution in [0.15, 0.2) is 40.9 Å². The number of carbonyl (C=O) groups is 1. The second-order valence-electron chi connectivity index (χ2n) is 3.79. The molecular formula is C13H10BrFN2O2. The molecule has 0 aromatic heterocycles. The van der Waals surface area contributed by atoms with Gasteiger partial charge >= 0.3 is 0 Å². The molecule has 0 aliphatic carbocycles. The van der Waals surface area contributed by atoms with Crippen molar-refractivity contribution in [2.75, 3.05) is 5.73 Å². The number of amides is 1. The van der Waals surface area contributed by atoms with Crippen LogP contribution in [0, 0.1) is 5.82 Å². The summed E-state index contributed by atoms with van der Waals surface area (Å²) in [5.74, 6) is -1.09. The van der Waals surface area contributed by atoms with Crippen LogP contribution in [0.4, 0.5) is 10.1 Å². The van der Waals surface area contributed by atoms with Gasteiger partial charge in [0.15, 0.2) is 11.6 Å². The first-order chi connectivity index (χ1) is 8.97. The molecule has 0 spiro atoms. The Morgan fingerprint density at radius 2 is 2.00 bits per heavy atom. The molecule has 0 aliphatic heterocycles. The zero-order valence-electron chi connectivity index (χ0n) is 9.69. The van der Waals surface area contributed by atoms with Crippen molar-refractivity contribution in [3.63, 3.8) is 0 Å². The summed E-state index contributed by atoms with van der Waals surface area (Å²) in [7, 11) is 0. The Morgan fingerprint density at radius 1 is 1.26 bits per heavy atom. The first-order valence-electron chi connectivity index (χ1n) is 5.29. The zero-order chi connectivity index (χ0) is 14.0. The van der Waals surface area contributed by atoms with Crippen LogP contribution in [0.2, 0.25) is 0 Å². The van der Waals surface area contributed by atoms with Gasteiger partial charge in [0, 0.05) is 16.2 Å². The molecule has 1 amide bonds. The monoisotopic (exact) mass is 324 g/mol. The molecule has 19 heavy (non-hydrogen) atoms. The van der Waals surface area contributed by atoms with E-state index in [9.17, 15) is 9.18 Å². The Kier molecular flexibility index (Phi) is 3.71. The fraction of sp³-hybridized carbons (Fsp3) is 0. The van der Waals surface area contributed by atoms with Gasteiger partial charge in [0.05, 0.1) is 5.56 Å². The van der Waals surface area contributed by atoms with Crippen LogP contribution in [0.1, 0.15) is 10.4 Å². The number of carbonyl (C=O) groups excluding carboxylic acids is 1. The van der Waals surface area contributed by atoms with Gasteiger partial charge in [0.25, 0.3) is 5.91 Å². The Hall–Kier alpha value is -2.08. The molecule has 0 bridgehead atoms. The molecule has 2 aromatic carbocycles. The van der Waals surface area contributed by atoms with E-state index in [1.807, 2.05) is 0 Å². The summed E-state index contributed by atoms with van der Waals surface area (Å²) in [5.41, 5.74) is 10.6. The summed E-state index contributed by atoms with van der Waals surface area (Å²) in [6, 6.07) is 9.07. The highest BCUT2D eigenvalue weighted by Gasteiger charge is 2.13. The van der Waals surface area contributed by atoms with Gasteiger partial charge in [0.1, 0.15) is 5.75 Å². The second-order valence-corrected chi connectivity index (χ2v) is 4.71. The van der Waals surface area contributed by atoms with Crippen molar-refractivity contribution in [2.45, 2.75) is 0 Å². The molecule has 0 heterocycles. The van der Waals surface area contributed by atoms with Crippen molar-refractivity contribution in [1.82, 2.24) is 0 Å². The smallest absolute Gasteiger partial charge is 0.250 e. The number of hydrogen-bond acceptors (Lipinski definition) is 3. The predicted molar refractivity (Wildman–Crippen MR) is 73.5 cm³/mol. The topological polar surface area (TPSA) is 78.3 Å². The van der Waals surface area contributed by atoms with Gasteiger partial charge in [-0.05, 0) is 24.3 Å². The van der Waals surface area contributed by atoms with Gasteiger partial charge in [-0.25, -0.2) is 4.39 Å². The van der Waals surface area contributed by atoms with Gasteiger partial charge in [-0.2, -0.15) is 0 Å². The van der Waals surface area contributed by atoms with E-state index in [1.54, 1.807) is 24.3 Å². The summed E-state index contributed by atoms with van der Waals surface area (Å²) in [5, 5.41) is 0. The van der Waals surface area contributed by atoms with Crippen molar-refractivity contribution in [3.05, 3.63) is 52.3 Å². The highest BCUT2D eigenvalue weighted by atomic mass is 79.9. The average Bonchev–Trinajstić information content (AvgIpc) is 2.32. The third kappa shape index (κ3) is 3.03. The van der Waals surface area contributed by atoms with Crippen LogP contribution in [-0.2, 0) is 0 Å². The van der Waals surface area contributed by atoms with Crippen molar-refractivity contribution >= 4 is 27.5 Å². The lowest BCUT2D eigenvalue weighted by atomic mass is 10.1. The van der Waals surface area contributed by atoms with Gasteiger partial charge < -0.3 is 16.2 Å². The first-order valence-corrected chi connectivity index (χ1v) is 6.09.